The van der Waals surface area contributed by atoms with Gasteiger partial charge in [0.15, 0.2) is 0 Å². The minimum atomic E-state index is 0.553. The van der Waals surface area contributed by atoms with Crippen LogP contribution in [0.1, 0.15) is 25.4 Å². The molecule has 0 radical (unpaired) electrons. The van der Waals surface area contributed by atoms with E-state index in [4.69, 9.17) is 17.0 Å². The highest BCUT2D eigenvalue weighted by atomic mass is 32.1. The highest BCUT2D eigenvalue weighted by Gasteiger charge is 2.01. The second-order valence-corrected chi connectivity index (χ2v) is 4.14. The summed E-state index contributed by atoms with van der Waals surface area (Å²) < 4.78 is 5.67. The van der Waals surface area contributed by atoms with Gasteiger partial charge in [0.25, 0.3) is 0 Å². The zero-order chi connectivity index (χ0) is 10.6. The quantitative estimate of drug-likeness (QED) is 0.779. The molecule has 0 bridgehead atoms. The Labute approximate surface area is 89.5 Å². The number of aromatic nitrogens is 2. The number of rotatable bonds is 4. The van der Waals surface area contributed by atoms with Gasteiger partial charge >= 0.3 is 0 Å². The van der Waals surface area contributed by atoms with Crippen molar-refractivity contribution in [1.82, 2.24) is 9.97 Å². The molecule has 1 N–H and O–H groups in total. The molecule has 3 nitrogen and oxygen atoms in total. The van der Waals surface area contributed by atoms with E-state index in [0.717, 1.165) is 17.9 Å². The van der Waals surface area contributed by atoms with Crippen molar-refractivity contribution in [3.8, 4) is 0 Å². The molecule has 1 heterocycles. The molecular formula is C10H16N2OS. The summed E-state index contributed by atoms with van der Waals surface area (Å²) in [4.78, 5) is 7.47. The molecule has 0 spiro atoms. The van der Waals surface area contributed by atoms with Crippen molar-refractivity contribution >= 4 is 12.2 Å². The summed E-state index contributed by atoms with van der Waals surface area (Å²) in [6.45, 7) is 4.86. The van der Waals surface area contributed by atoms with E-state index in [9.17, 15) is 0 Å². The molecule has 0 aliphatic carbocycles. The molecule has 0 aromatic carbocycles. The van der Waals surface area contributed by atoms with E-state index in [1.165, 1.54) is 0 Å². The third-order valence-electron chi connectivity index (χ3n) is 1.75. The number of hydrogen-bond acceptors (Lipinski definition) is 3. The van der Waals surface area contributed by atoms with Crippen LogP contribution in [0.25, 0.3) is 0 Å². The normalized spacial score (nSPS) is 10.9. The van der Waals surface area contributed by atoms with Gasteiger partial charge in [-0.05, 0) is 12.0 Å². The van der Waals surface area contributed by atoms with Crippen molar-refractivity contribution in [3.63, 3.8) is 0 Å². The summed E-state index contributed by atoms with van der Waals surface area (Å²) in [5.41, 5.74) is 0.989. The number of aromatic amines is 1. The molecule has 78 valence electrons. The molecule has 1 aromatic heterocycles. The van der Waals surface area contributed by atoms with Gasteiger partial charge in [-0.1, -0.05) is 26.1 Å². The topological polar surface area (TPSA) is 37.9 Å². The van der Waals surface area contributed by atoms with Crippen molar-refractivity contribution in [2.24, 2.45) is 5.92 Å². The van der Waals surface area contributed by atoms with Crippen LogP contribution in [0.15, 0.2) is 6.07 Å². The number of hydrogen-bond donors (Lipinski definition) is 1. The van der Waals surface area contributed by atoms with Gasteiger partial charge in [0.2, 0.25) is 0 Å². The second kappa shape index (κ2) is 5.22. The van der Waals surface area contributed by atoms with Crippen LogP contribution in [-0.4, -0.2) is 17.1 Å². The largest absolute Gasteiger partial charge is 0.378 e. The molecular weight excluding hydrogens is 196 g/mol. The van der Waals surface area contributed by atoms with Crippen LogP contribution in [-0.2, 0) is 17.8 Å². The average molecular weight is 212 g/mol. The van der Waals surface area contributed by atoms with Crippen LogP contribution in [0.2, 0.25) is 0 Å². The fraction of sp³-hybridized carbons (Fsp3) is 0.600. The Kier molecular flexibility index (Phi) is 4.22. The zero-order valence-electron chi connectivity index (χ0n) is 8.83. The first-order valence-corrected chi connectivity index (χ1v) is 5.10. The van der Waals surface area contributed by atoms with Crippen molar-refractivity contribution < 1.29 is 4.74 Å². The molecule has 0 unspecified atom stereocenters. The molecule has 0 fully saturated rings. The van der Waals surface area contributed by atoms with E-state index in [1.54, 1.807) is 7.11 Å². The van der Waals surface area contributed by atoms with E-state index in [2.05, 4.69) is 23.8 Å². The molecule has 4 heteroatoms. The third-order valence-corrected chi connectivity index (χ3v) is 1.96. The predicted octanol–water partition coefficient (Wildman–Crippen LogP) is 2.48. The Morgan fingerprint density at radius 3 is 2.86 bits per heavy atom. The fourth-order valence-corrected chi connectivity index (χ4v) is 1.53. The zero-order valence-corrected chi connectivity index (χ0v) is 9.65. The average Bonchev–Trinajstić information content (AvgIpc) is 2.01. The monoisotopic (exact) mass is 212 g/mol. The lowest BCUT2D eigenvalue weighted by Crippen LogP contribution is -2.04. The van der Waals surface area contributed by atoms with Gasteiger partial charge in [0, 0.05) is 19.2 Å². The minimum absolute atomic E-state index is 0.553. The second-order valence-electron chi connectivity index (χ2n) is 3.72. The summed E-state index contributed by atoms with van der Waals surface area (Å²) in [5, 5.41) is 0. The lowest BCUT2D eigenvalue weighted by Gasteiger charge is -2.06. The molecule has 0 saturated carbocycles. The van der Waals surface area contributed by atoms with Gasteiger partial charge < -0.3 is 9.72 Å². The van der Waals surface area contributed by atoms with Crippen molar-refractivity contribution in [2.75, 3.05) is 7.11 Å². The van der Waals surface area contributed by atoms with Crippen LogP contribution in [0.4, 0.5) is 0 Å². The van der Waals surface area contributed by atoms with Gasteiger partial charge in [0.05, 0.1) is 6.61 Å². The first-order valence-electron chi connectivity index (χ1n) is 4.70. The summed E-state index contributed by atoms with van der Waals surface area (Å²) in [7, 11) is 1.67. The van der Waals surface area contributed by atoms with Crippen LogP contribution < -0.4 is 0 Å². The maximum atomic E-state index is 5.07. The highest BCUT2D eigenvalue weighted by Crippen LogP contribution is 2.05. The number of nitrogens with one attached hydrogen (secondary N) is 1. The van der Waals surface area contributed by atoms with Crippen molar-refractivity contribution in [3.05, 3.63) is 22.2 Å². The third kappa shape index (κ3) is 3.55. The van der Waals surface area contributed by atoms with Gasteiger partial charge in [-0.15, -0.1) is 0 Å². The van der Waals surface area contributed by atoms with Gasteiger partial charge in [0.1, 0.15) is 10.5 Å². The Morgan fingerprint density at radius 1 is 1.57 bits per heavy atom. The Balaban J connectivity index is 2.89. The Morgan fingerprint density at radius 2 is 2.29 bits per heavy atom. The first-order chi connectivity index (χ1) is 6.61. The first kappa shape index (κ1) is 11.3. The summed E-state index contributed by atoms with van der Waals surface area (Å²) in [6, 6.07) is 1.84. The summed E-state index contributed by atoms with van der Waals surface area (Å²) in [6.07, 6.45) is 0.918. The van der Waals surface area contributed by atoms with Gasteiger partial charge in [-0.25, -0.2) is 4.98 Å². The van der Waals surface area contributed by atoms with Crippen LogP contribution >= 0.6 is 12.2 Å². The Bertz CT molecular complexity index is 346. The number of methoxy groups -OCH3 is 1. The van der Waals surface area contributed by atoms with Crippen LogP contribution in [0.5, 0.6) is 0 Å². The van der Waals surface area contributed by atoms with Crippen molar-refractivity contribution in [2.45, 2.75) is 26.9 Å². The fourth-order valence-electron chi connectivity index (χ4n) is 1.28. The lowest BCUT2D eigenvalue weighted by atomic mass is 10.1. The van der Waals surface area contributed by atoms with Crippen LogP contribution in [0.3, 0.4) is 0 Å². The van der Waals surface area contributed by atoms with Gasteiger partial charge in [-0.3, -0.25) is 0 Å². The molecule has 0 atom stereocenters. The molecule has 14 heavy (non-hydrogen) atoms. The van der Waals surface area contributed by atoms with Crippen LogP contribution in [0, 0.1) is 10.6 Å². The summed E-state index contributed by atoms with van der Waals surface area (Å²) >= 11 is 5.07. The van der Waals surface area contributed by atoms with E-state index in [1.807, 2.05) is 6.07 Å². The molecule has 0 saturated heterocycles. The maximum Gasteiger partial charge on any atom is 0.130 e. The highest BCUT2D eigenvalue weighted by molar-refractivity contribution is 7.71. The van der Waals surface area contributed by atoms with E-state index >= 15 is 0 Å². The molecule has 0 aliphatic heterocycles. The maximum absolute atomic E-state index is 5.07. The molecule has 0 amide bonds. The smallest absolute Gasteiger partial charge is 0.130 e. The molecule has 1 rings (SSSR count). The number of ether oxygens (including phenoxy) is 1. The standard InChI is InChI=1S/C10H16N2OS/c1-7(2)4-9-11-8(6-13-3)5-10(14)12-9/h5,7H,4,6H2,1-3H3,(H,11,12,14). The Hall–Kier alpha value is -0.740. The van der Waals surface area contributed by atoms with E-state index in [-0.39, 0.29) is 0 Å². The number of nitrogens with zero attached hydrogens (tertiary/aromatic N) is 1. The predicted molar refractivity (Wildman–Crippen MR) is 58.7 cm³/mol. The van der Waals surface area contributed by atoms with Crippen molar-refractivity contribution in [1.29, 1.82) is 0 Å². The number of H-pyrrole nitrogens is 1. The van der Waals surface area contributed by atoms with E-state index in [0.29, 0.717) is 17.2 Å². The SMILES string of the molecule is COCc1cc(=S)nc(CC(C)C)[nH]1. The molecule has 1 aromatic rings. The summed E-state index contributed by atoms with van der Waals surface area (Å²) in [5.74, 6) is 1.52. The minimum Gasteiger partial charge on any atom is -0.378 e. The van der Waals surface area contributed by atoms with Gasteiger partial charge in [-0.2, -0.15) is 0 Å². The lowest BCUT2D eigenvalue weighted by molar-refractivity contribution is 0.181. The van der Waals surface area contributed by atoms with E-state index < -0.39 is 0 Å². The molecule has 0 aliphatic rings.